The number of rotatable bonds is 8. The fraction of sp³-hybridized carbons (Fsp3) is 0.441. The lowest BCUT2D eigenvalue weighted by atomic mass is 9.99. The maximum Gasteiger partial charge on any atom is 0.185 e. The number of aliphatic imine (C=N–C) groups is 1. The summed E-state index contributed by atoms with van der Waals surface area (Å²) in [4.78, 5) is 22.3. The van der Waals surface area contributed by atoms with Crippen molar-refractivity contribution in [3.05, 3.63) is 94.1 Å². The number of aromatic nitrogens is 1. The van der Waals surface area contributed by atoms with Gasteiger partial charge in [0, 0.05) is 31.6 Å². The number of benzene rings is 2. The summed E-state index contributed by atoms with van der Waals surface area (Å²) in [5.74, 6) is 0.673. The van der Waals surface area contributed by atoms with E-state index in [0.717, 1.165) is 19.3 Å². The number of hydrogen-bond acceptors (Lipinski definition) is 5. The van der Waals surface area contributed by atoms with Gasteiger partial charge < -0.3 is 4.90 Å². The van der Waals surface area contributed by atoms with Gasteiger partial charge in [0.15, 0.2) is 10.9 Å². The molecule has 39 heavy (non-hydrogen) atoms. The number of allylic oxidation sites excluding steroid dienone is 2. The number of carbonyl (C=O) groups is 1. The minimum atomic E-state index is 0.0196. The predicted molar refractivity (Wildman–Crippen MR) is 171 cm³/mol. The van der Waals surface area contributed by atoms with Crippen LogP contribution in [0.3, 0.4) is 0 Å². The number of hydrogen-bond donors (Lipinski definition) is 0. The molecular formula is C34H47N3OS. The molecule has 0 atom stereocenters. The first kappa shape index (κ1) is 32.2. The zero-order valence-electron chi connectivity index (χ0n) is 24.8. The van der Waals surface area contributed by atoms with Crippen LogP contribution in [0.25, 0.3) is 0 Å². The van der Waals surface area contributed by atoms with E-state index >= 15 is 0 Å². The summed E-state index contributed by atoms with van der Waals surface area (Å²) in [6.07, 6.45) is 10.5. The summed E-state index contributed by atoms with van der Waals surface area (Å²) in [7, 11) is 0. The number of nitrogens with zero attached hydrogens (tertiary/aromatic N) is 3. The molecule has 4 rings (SSSR count). The van der Waals surface area contributed by atoms with E-state index in [1.165, 1.54) is 59.9 Å². The molecule has 1 fully saturated rings. The second kappa shape index (κ2) is 18.3. The van der Waals surface area contributed by atoms with Crippen molar-refractivity contribution in [3.8, 4) is 0 Å². The average molecular weight is 546 g/mol. The summed E-state index contributed by atoms with van der Waals surface area (Å²) >= 11 is 1.80. The van der Waals surface area contributed by atoms with Gasteiger partial charge in [-0.25, -0.2) is 4.98 Å². The number of thiazole rings is 1. The number of aryl methyl sites for hydroxylation is 3. The molecule has 1 saturated heterocycles. The highest BCUT2D eigenvalue weighted by molar-refractivity contribution is 7.13. The maximum absolute atomic E-state index is 11.2. The monoisotopic (exact) mass is 545 g/mol. The molecule has 3 aromatic rings. The van der Waals surface area contributed by atoms with Crippen molar-refractivity contribution in [2.24, 2.45) is 4.99 Å². The SMILES string of the molecule is CC=N/C(=C\CCc1ccccc1)C(C)=O.CCc1csc(N2CCCCC2)n1.Cc1ccccc1C(C)C. The molecule has 0 amide bonds. The first-order chi connectivity index (χ1) is 18.8. The zero-order valence-corrected chi connectivity index (χ0v) is 25.6. The third-order valence-corrected chi connectivity index (χ3v) is 7.53. The van der Waals surface area contributed by atoms with Crippen LogP contribution in [0.4, 0.5) is 5.13 Å². The molecule has 2 aromatic carbocycles. The maximum atomic E-state index is 11.2. The van der Waals surface area contributed by atoms with Crippen molar-refractivity contribution in [2.45, 2.75) is 86.0 Å². The Morgan fingerprint density at radius 3 is 2.26 bits per heavy atom. The highest BCUT2D eigenvalue weighted by atomic mass is 32.1. The number of Topliss-reactive ketones (excluding diaryl/α,β-unsaturated/α-hetero) is 1. The molecule has 0 aliphatic carbocycles. The molecule has 1 aliphatic rings. The van der Waals surface area contributed by atoms with Gasteiger partial charge in [-0.1, -0.05) is 81.4 Å². The van der Waals surface area contributed by atoms with Gasteiger partial charge in [0.05, 0.1) is 5.69 Å². The molecule has 1 aromatic heterocycles. The van der Waals surface area contributed by atoms with E-state index in [2.05, 4.69) is 84.3 Å². The van der Waals surface area contributed by atoms with Gasteiger partial charge in [0.2, 0.25) is 0 Å². The molecule has 210 valence electrons. The summed E-state index contributed by atoms with van der Waals surface area (Å²) < 4.78 is 0. The fourth-order valence-corrected chi connectivity index (χ4v) is 5.33. The number of carbonyl (C=O) groups excluding carboxylic acids is 1. The lowest BCUT2D eigenvalue weighted by Crippen LogP contribution is -2.29. The Morgan fingerprint density at radius 2 is 1.72 bits per heavy atom. The number of ketones is 1. The van der Waals surface area contributed by atoms with Gasteiger partial charge in [-0.15, -0.1) is 11.3 Å². The molecule has 2 heterocycles. The molecular weight excluding hydrogens is 498 g/mol. The second-order valence-electron chi connectivity index (χ2n) is 10.1. The van der Waals surface area contributed by atoms with Crippen LogP contribution in [0.2, 0.25) is 0 Å². The van der Waals surface area contributed by atoms with Crippen molar-refractivity contribution in [2.75, 3.05) is 18.0 Å². The quantitative estimate of drug-likeness (QED) is 0.210. The van der Waals surface area contributed by atoms with E-state index in [-0.39, 0.29) is 5.78 Å². The van der Waals surface area contributed by atoms with Crippen LogP contribution in [-0.2, 0) is 17.6 Å². The minimum Gasteiger partial charge on any atom is -0.348 e. The van der Waals surface area contributed by atoms with Crippen LogP contribution < -0.4 is 4.90 Å². The molecule has 0 saturated carbocycles. The third kappa shape index (κ3) is 12.1. The first-order valence-corrected chi connectivity index (χ1v) is 15.2. The molecule has 0 radical (unpaired) electrons. The van der Waals surface area contributed by atoms with Crippen LogP contribution in [0, 0.1) is 6.92 Å². The third-order valence-electron chi connectivity index (χ3n) is 6.58. The van der Waals surface area contributed by atoms with Crippen LogP contribution in [-0.4, -0.2) is 30.1 Å². The standard InChI is InChI=1S/C14H17NO.C10H16N2S.C10H14/c1-3-15-14(12(2)16)11-7-10-13-8-5-4-6-9-13;1-2-9-8-13-10(11-9)12-6-4-3-5-7-12;1-8(2)10-7-5-4-6-9(10)3/h3-6,8-9,11H,7,10H2,1-2H3;8H,2-7H2,1H3;4-8H,1-3H3/b14-11-,15-3?;;. The summed E-state index contributed by atoms with van der Waals surface area (Å²) in [6.45, 7) is 14.5. The molecule has 1 aliphatic heterocycles. The topological polar surface area (TPSA) is 45.6 Å². The van der Waals surface area contributed by atoms with Crippen LogP contribution >= 0.6 is 11.3 Å². The molecule has 0 spiro atoms. The Balaban J connectivity index is 0.000000211. The lowest BCUT2D eigenvalue weighted by Gasteiger charge is -2.25. The smallest absolute Gasteiger partial charge is 0.185 e. The van der Waals surface area contributed by atoms with Crippen molar-refractivity contribution >= 4 is 28.5 Å². The first-order valence-electron chi connectivity index (χ1n) is 14.3. The Morgan fingerprint density at radius 1 is 1.05 bits per heavy atom. The zero-order chi connectivity index (χ0) is 28.5. The second-order valence-corrected chi connectivity index (χ2v) is 10.9. The van der Waals surface area contributed by atoms with E-state index in [1.54, 1.807) is 24.5 Å². The molecule has 4 nitrogen and oxygen atoms in total. The summed E-state index contributed by atoms with van der Waals surface area (Å²) in [5, 5.41) is 3.42. The van der Waals surface area contributed by atoms with Crippen molar-refractivity contribution in [1.29, 1.82) is 0 Å². The lowest BCUT2D eigenvalue weighted by molar-refractivity contribution is -0.113. The van der Waals surface area contributed by atoms with E-state index in [0.29, 0.717) is 11.6 Å². The Kier molecular flexibility index (Phi) is 15.1. The largest absolute Gasteiger partial charge is 0.348 e. The Bertz CT molecular complexity index is 1160. The van der Waals surface area contributed by atoms with Gasteiger partial charge in [-0.05, 0) is 75.0 Å². The van der Waals surface area contributed by atoms with Gasteiger partial charge in [-0.3, -0.25) is 9.79 Å². The van der Waals surface area contributed by atoms with Crippen molar-refractivity contribution in [1.82, 2.24) is 4.98 Å². The fourth-order valence-electron chi connectivity index (χ4n) is 4.37. The van der Waals surface area contributed by atoms with Crippen molar-refractivity contribution < 1.29 is 4.79 Å². The van der Waals surface area contributed by atoms with Gasteiger partial charge in [-0.2, -0.15) is 0 Å². The average Bonchev–Trinajstić information content (AvgIpc) is 3.44. The van der Waals surface area contributed by atoms with Crippen LogP contribution in [0.15, 0.2) is 76.7 Å². The van der Waals surface area contributed by atoms with Crippen LogP contribution in [0.5, 0.6) is 0 Å². The Labute approximate surface area is 240 Å². The molecule has 0 N–H and O–H groups in total. The highest BCUT2D eigenvalue weighted by Crippen LogP contribution is 2.24. The van der Waals surface area contributed by atoms with E-state index in [1.807, 2.05) is 31.2 Å². The van der Waals surface area contributed by atoms with Crippen LogP contribution in [0.1, 0.15) is 88.6 Å². The molecule has 0 unspecified atom stereocenters. The molecule has 0 bridgehead atoms. The predicted octanol–water partition coefficient (Wildman–Crippen LogP) is 9.00. The number of anilines is 1. The van der Waals surface area contributed by atoms with Gasteiger partial charge in [0.1, 0.15) is 5.70 Å². The van der Waals surface area contributed by atoms with E-state index in [4.69, 9.17) is 0 Å². The van der Waals surface area contributed by atoms with Gasteiger partial charge >= 0.3 is 0 Å². The summed E-state index contributed by atoms with van der Waals surface area (Å²) in [5.41, 5.74) is 5.94. The van der Waals surface area contributed by atoms with Gasteiger partial charge in [0.25, 0.3) is 0 Å². The minimum absolute atomic E-state index is 0.0196. The number of piperidine rings is 1. The van der Waals surface area contributed by atoms with Crippen molar-refractivity contribution in [3.63, 3.8) is 0 Å². The van der Waals surface area contributed by atoms with E-state index < -0.39 is 0 Å². The highest BCUT2D eigenvalue weighted by Gasteiger charge is 2.13. The summed E-state index contributed by atoms with van der Waals surface area (Å²) in [6, 6.07) is 18.8. The van der Waals surface area contributed by atoms with E-state index in [9.17, 15) is 4.79 Å². The Hall–Kier alpha value is -3.05. The molecule has 5 heteroatoms. The normalized spacial score (nSPS) is 13.5.